The Bertz CT molecular complexity index is 539. The molecule has 4 nitrogen and oxygen atoms in total. The summed E-state index contributed by atoms with van der Waals surface area (Å²) in [4.78, 5) is 12.2. The van der Waals surface area contributed by atoms with Crippen LogP contribution in [0.2, 0.25) is 0 Å². The van der Waals surface area contributed by atoms with Crippen LogP contribution in [0.1, 0.15) is 35.3 Å². The van der Waals surface area contributed by atoms with Gasteiger partial charge < -0.3 is 15.8 Å². The van der Waals surface area contributed by atoms with Crippen molar-refractivity contribution in [3.05, 3.63) is 34.9 Å². The number of methoxy groups -OCH3 is 1. The van der Waals surface area contributed by atoms with Crippen LogP contribution in [0.4, 0.5) is 0 Å². The normalized spacial score (nSPS) is 10.7. The van der Waals surface area contributed by atoms with E-state index in [0.29, 0.717) is 18.7 Å². The van der Waals surface area contributed by atoms with Crippen molar-refractivity contribution in [2.45, 2.75) is 26.3 Å². The lowest BCUT2D eigenvalue weighted by Gasteiger charge is -2.25. The van der Waals surface area contributed by atoms with Crippen LogP contribution in [-0.4, -0.2) is 31.7 Å². The lowest BCUT2D eigenvalue weighted by atomic mass is 10.0. The highest BCUT2D eigenvalue weighted by atomic mass is 16.5. The predicted molar refractivity (Wildman–Crippen MR) is 80.5 cm³/mol. The summed E-state index contributed by atoms with van der Waals surface area (Å²) in [6.45, 7) is 6.55. The number of benzene rings is 1. The molecule has 0 spiro atoms. The number of hydrogen-bond acceptors (Lipinski definition) is 3. The van der Waals surface area contributed by atoms with Crippen LogP contribution in [0.15, 0.2) is 18.2 Å². The molecular formula is C16H22N2O2. The van der Waals surface area contributed by atoms with Gasteiger partial charge in [-0.2, -0.15) is 0 Å². The van der Waals surface area contributed by atoms with Gasteiger partial charge in [-0.3, -0.25) is 4.79 Å². The minimum atomic E-state index is -0.405. The Morgan fingerprint density at radius 1 is 1.45 bits per heavy atom. The molecule has 0 bridgehead atoms. The first kappa shape index (κ1) is 16.2. The SMILES string of the molecule is COCC(C)(C)NC(=O)c1ccc(C#CCN)c(C)c1. The average molecular weight is 274 g/mol. The molecule has 0 saturated heterocycles. The number of ether oxygens (including phenoxy) is 1. The number of aryl methyl sites for hydroxylation is 1. The number of carbonyl (C=O) groups excluding carboxylic acids is 1. The van der Waals surface area contributed by atoms with Gasteiger partial charge in [-0.25, -0.2) is 0 Å². The van der Waals surface area contributed by atoms with Crippen LogP contribution >= 0.6 is 0 Å². The van der Waals surface area contributed by atoms with E-state index in [4.69, 9.17) is 10.5 Å². The summed E-state index contributed by atoms with van der Waals surface area (Å²) < 4.78 is 5.09. The van der Waals surface area contributed by atoms with Gasteiger partial charge in [-0.15, -0.1) is 0 Å². The van der Waals surface area contributed by atoms with E-state index in [2.05, 4.69) is 17.2 Å². The second kappa shape index (κ2) is 7.09. The molecule has 4 heteroatoms. The number of rotatable bonds is 4. The maximum atomic E-state index is 12.2. The highest BCUT2D eigenvalue weighted by Gasteiger charge is 2.21. The standard InChI is InChI=1S/C16H22N2O2/c1-12-10-14(8-7-13(12)6-5-9-17)15(19)18-16(2,3)11-20-4/h7-8,10H,9,11,17H2,1-4H3,(H,18,19). The fourth-order valence-electron chi connectivity index (χ4n) is 1.87. The van der Waals surface area contributed by atoms with Gasteiger partial charge in [0.15, 0.2) is 0 Å². The molecule has 1 amide bonds. The molecule has 20 heavy (non-hydrogen) atoms. The van der Waals surface area contributed by atoms with E-state index >= 15 is 0 Å². The van der Waals surface area contributed by atoms with Crippen LogP contribution in [0, 0.1) is 18.8 Å². The molecule has 3 N–H and O–H groups in total. The van der Waals surface area contributed by atoms with Gasteiger partial charge in [0.25, 0.3) is 5.91 Å². The summed E-state index contributed by atoms with van der Waals surface area (Å²) in [5.41, 5.74) is 7.42. The summed E-state index contributed by atoms with van der Waals surface area (Å²) in [6.07, 6.45) is 0. The van der Waals surface area contributed by atoms with Crippen molar-refractivity contribution in [2.75, 3.05) is 20.3 Å². The molecule has 0 unspecified atom stereocenters. The number of carbonyl (C=O) groups is 1. The topological polar surface area (TPSA) is 64.3 Å². The lowest BCUT2D eigenvalue weighted by Crippen LogP contribution is -2.46. The van der Waals surface area contributed by atoms with Gasteiger partial charge in [0.1, 0.15) is 0 Å². The fraction of sp³-hybridized carbons (Fsp3) is 0.438. The van der Waals surface area contributed by atoms with Crippen LogP contribution in [-0.2, 0) is 4.74 Å². The molecule has 0 aromatic heterocycles. The largest absolute Gasteiger partial charge is 0.382 e. The van der Waals surface area contributed by atoms with E-state index in [1.54, 1.807) is 13.2 Å². The van der Waals surface area contributed by atoms with Crippen LogP contribution < -0.4 is 11.1 Å². The molecule has 0 aliphatic rings. The van der Waals surface area contributed by atoms with Crippen molar-refractivity contribution in [3.8, 4) is 11.8 Å². The van der Waals surface area contributed by atoms with E-state index < -0.39 is 5.54 Å². The smallest absolute Gasteiger partial charge is 0.251 e. The van der Waals surface area contributed by atoms with Crippen molar-refractivity contribution < 1.29 is 9.53 Å². The second-order valence-corrected chi connectivity index (χ2v) is 5.31. The van der Waals surface area contributed by atoms with E-state index in [1.165, 1.54) is 0 Å². The molecular weight excluding hydrogens is 252 g/mol. The van der Waals surface area contributed by atoms with Crippen molar-refractivity contribution >= 4 is 5.91 Å². The summed E-state index contributed by atoms with van der Waals surface area (Å²) in [7, 11) is 1.61. The van der Waals surface area contributed by atoms with Crippen molar-refractivity contribution in [1.29, 1.82) is 0 Å². The van der Waals surface area contributed by atoms with Gasteiger partial charge in [0.05, 0.1) is 18.7 Å². The van der Waals surface area contributed by atoms with Crippen LogP contribution in [0.5, 0.6) is 0 Å². The zero-order valence-corrected chi connectivity index (χ0v) is 12.5. The minimum Gasteiger partial charge on any atom is -0.382 e. The Labute approximate surface area is 120 Å². The van der Waals surface area contributed by atoms with E-state index in [1.807, 2.05) is 32.9 Å². The van der Waals surface area contributed by atoms with E-state index in [9.17, 15) is 4.79 Å². The van der Waals surface area contributed by atoms with Gasteiger partial charge in [-0.05, 0) is 44.5 Å². The molecule has 0 aliphatic carbocycles. The Morgan fingerprint density at radius 2 is 2.15 bits per heavy atom. The highest BCUT2D eigenvalue weighted by molar-refractivity contribution is 5.95. The first-order valence-corrected chi connectivity index (χ1v) is 6.50. The zero-order chi connectivity index (χ0) is 15.2. The first-order chi connectivity index (χ1) is 9.39. The third kappa shape index (κ3) is 4.69. The van der Waals surface area contributed by atoms with Crippen molar-refractivity contribution in [3.63, 3.8) is 0 Å². The highest BCUT2D eigenvalue weighted by Crippen LogP contribution is 2.12. The molecule has 1 aromatic rings. The number of amides is 1. The maximum absolute atomic E-state index is 12.2. The van der Waals surface area contributed by atoms with Gasteiger partial charge in [-0.1, -0.05) is 11.8 Å². The number of nitrogens with two attached hydrogens (primary N) is 1. The monoisotopic (exact) mass is 274 g/mol. The third-order valence-corrected chi connectivity index (χ3v) is 2.77. The minimum absolute atomic E-state index is 0.117. The summed E-state index contributed by atoms with van der Waals surface area (Å²) in [6, 6.07) is 5.45. The molecule has 1 aromatic carbocycles. The quantitative estimate of drug-likeness (QED) is 0.817. The Balaban J connectivity index is 2.88. The van der Waals surface area contributed by atoms with Crippen molar-refractivity contribution in [1.82, 2.24) is 5.32 Å². The number of hydrogen-bond donors (Lipinski definition) is 2. The molecule has 1 rings (SSSR count). The molecule has 0 atom stereocenters. The first-order valence-electron chi connectivity index (χ1n) is 6.50. The second-order valence-electron chi connectivity index (χ2n) is 5.31. The summed E-state index contributed by atoms with van der Waals surface area (Å²) >= 11 is 0. The Hall–Kier alpha value is -1.83. The fourth-order valence-corrected chi connectivity index (χ4v) is 1.87. The number of nitrogens with one attached hydrogen (secondary N) is 1. The summed E-state index contributed by atoms with van der Waals surface area (Å²) in [5.74, 6) is 5.67. The molecule has 0 saturated carbocycles. The van der Waals surface area contributed by atoms with Gasteiger partial charge >= 0.3 is 0 Å². The molecule has 0 aliphatic heterocycles. The van der Waals surface area contributed by atoms with Crippen molar-refractivity contribution in [2.24, 2.45) is 5.73 Å². The predicted octanol–water partition coefficient (Wildman–Crippen LogP) is 1.46. The van der Waals surface area contributed by atoms with Gasteiger partial charge in [0.2, 0.25) is 0 Å². The Kier molecular flexibility index (Phi) is 5.75. The maximum Gasteiger partial charge on any atom is 0.251 e. The average Bonchev–Trinajstić information content (AvgIpc) is 2.36. The Morgan fingerprint density at radius 3 is 2.70 bits per heavy atom. The third-order valence-electron chi connectivity index (χ3n) is 2.77. The molecule has 0 fully saturated rings. The lowest BCUT2D eigenvalue weighted by molar-refractivity contribution is 0.0820. The van der Waals surface area contributed by atoms with Crippen LogP contribution in [0.3, 0.4) is 0 Å². The van der Waals surface area contributed by atoms with E-state index in [0.717, 1.165) is 11.1 Å². The van der Waals surface area contributed by atoms with Gasteiger partial charge in [0, 0.05) is 18.2 Å². The molecule has 108 valence electrons. The summed E-state index contributed by atoms with van der Waals surface area (Å²) in [5, 5.41) is 2.94. The molecule has 0 heterocycles. The zero-order valence-electron chi connectivity index (χ0n) is 12.5. The van der Waals surface area contributed by atoms with E-state index in [-0.39, 0.29) is 5.91 Å². The molecule has 0 radical (unpaired) electrons. The van der Waals surface area contributed by atoms with Crippen LogP contribution in [0.25, 0.3) is 0 Å².